The van der Waals surface area contributed by atoms with E-state index in [0.29, 0.717) is 5.69 Å². The number of ether oxygens (including phenoxy) is 1. The average Bonchev–Trinajstić information content (AvgIpc) is 2.54. The van der Waals surface area contributed by atoms with Crippen LogP contribution in [-0.4, -0.2) is 33.7 Å². The predicted octanol–water partition coefficient (Wildman–Crippen LogP) is 1.65. The molecule has 1 aromatic heterocycles. The summed E-state index contributed by atoms with van der Waals surface area (Å²) in [7, 11) is 0. The largest absolute Gasteiger partial charge is 0.462 e. The van der Waals surface area contributed by atoms with Crippen molar-refractivity contribution in [3.63, 3.8) is 0 Å². The lowest BCUT2D eigenvalue weighted by Crippen LogP contribution is -2.24. The fourth-order valence-corrected chi connectivity index (χ4v) is 2.76. The first kappa shape index (κ1) is 18.5. The molecule has 1 amide bonds. The van der Waals surface area contributed by atoms with Crippen molar-refractivity contribution in [1.82, 2.24) is 9.97 Å². The Bertz CT molecular complexity index is 837. The third-order valence-electron chi connectivity index (χ3n) is 3.08. The minimum Gasteiger partial charge on any atom is -0.462 e. The number of hydrogen-bond acceptors (Lipinski definition) is 7. The number of para-hydroxylation sites is 1. The quantitative estimate of drug-likeness (QED) is 0.405. The molecule has 0 saturated heterocycles. The van der Waals surface area contributed by atoms with Gasteiger partial charge in [0.25, 0.3) is 5.56 Å². The number of thioether (sulfide) groups is 1. The molecule has 1 aromatic carbocycles. The maximum absolute atomic E-state index is 12.4. The number of hydrogen-bond donors (Lipinski definition) is 3. The van der Waals surface area contributed by atoms with Crippen LogP contribution in [0.15, 0.2) is 40.3 Å². The monoisotopic (exact) mass is 362 g/mol. The van der Waals surface area contributed by atoms with E-state index < -0.39 is 16.8 Å². The van der Waals surface area contributed by atoms with E-state index in [1.54, 1.807) is 38.1 Å². The van der Waals surface area contributed by atoms with Gasteiger partial charge in [-0.1, -0.05) is 23.9 Å². The minimum atomic E-state index is -0.583. The number of aromatic amines is 1. The molecule has 0 spiro atoms. The molecule has 132 valence electrons. The van der Waals surface area contributed by atoms with E-state index in [-0.39, 0.29) is 29.1 Å². The van der Waals surface area contributed by atoms with Gasteiger partial charge < -0.3 is 20.8 Å². The predicted molar refractivity (Wildman–Crippen MR) is 95.6 cm³/mol. The van der Waals surface area contributed by atoms with Gasteiger partial charge in [-0.15, -0.1) is 0 Å². The molecule has 0 aliphatic heterocycles. The number of nitrogens with zero attached hydrogens (tertiary/aromatic N) is 1. The van der Waals surface area contributed by atoms with Gasteiger partial charge in [-0.2, -0.15) is 0 Å². The molecule has 1 unspecified atom stereocenters. The van der Waals surface area contributed by atoms with Crippen LogP contribution in [0.1, 0.15) is 24.2 Å². The van der Waals surface area contributed by atoms with E-state index in [4.69, 9.17) is 10.5 Å². The van der Waals surface area contributed by atoms with Crippen LogP contribution in [0.5, 0.6) is 0 Å². The molecule has 9 heteroatoms. The van der Waals surface area contributed by atoms with E-state index >= 15 is 0 Å². The van der Waals surface area contributed by atoms with Crippen molar-refractivity contribution in [3.05, 3.63) is 46.2 Å². The van der Waals surface area contributed by atoms with Crippen molar-refractivity contribution in [2.75, 3.05) is 17.7 Å². The van der Waals surface area contributed by atoms with Crippen LogP contribution < -0.4 is 16.6 Å². The number of H-pyrrole nitrogens is 1. The SMILES string of the molecule is CCOC(=O)c1ccccc1NC(=O)C(C)Sc1nc(N)cc(=O)[nH]1. The minimum absolute atomic E-state index is 0.0755. The molecule has 8 nitrogen and oxygen atoms in total. The second-order valence-electron chi connectivity index (χ2n) is 4.99. The Morgan fingerprint density at radius 2 is 2.12 bits per heavy atom. The lowest BCUT2D eigenvalue weighted by molar-refractivity contribution is -0.115. The Labute approximate surface area is 148 Å². The molecule has 25 heavy (non-hydrogen) atoms. The Balaban J connectivity index is 2.11. The lowest BCUT2D eigenvalue weighted by Gasteiger charge is -2.14. The van der Waals surface area contributed by atoms with Gasteiger partial charge in [0.15, 0.2) is 5.16 Å². The van der Waals surface area contributed by atoms with Crippen LogP contribution in [0.25, 0.3) is 0 Å². The molecule has 1 atom stereocenters. The molecule has 4 N–H and O–H groups in total. The number of rotatable bonds is 6. The number of carbonyl (C=O) groups excluding carboxylic acids is 2. The van der Waals surface area contributed by atoms with Crippen molar-refractivity contribution in [1.29, 1.82) is 0 Å². The van der Waals surface area contributed by atoms with Gasteiger partial charge in [-0.3, -0.25) is 9.59 Å². The number of anilines is 2. The van der Waals surface area contributed by atoms with E-state index in [2.05, 4.69) is 15.3 Å². The van der Waals surface area contributed by atoms with Crippen molar-refractivity contribution in [3.8, 4) is 0 Å². The zero-order valence-corrected chi connectivity index (χ0v) is 14.6. The fourth-order valence-electron chi connectivity index (χ4n) is 1.94. The van der Waals surface area contributed by atoms with Gasteiger partial charge in [0.2, 0.25) is 5.91 Å². The van der Waals surface area contributed by atoms with Gasteiger partial charge in [-0.05, 0) is 26.0 Å². The summed E-state index contributed by atoms with van der Waals surface area (Å²) in [5.74, 6) is -0.793. The number of esters is 1. The summed E-state index contributed by atoms with van der Waals surface area (Å²) in [5, 5.41) is 2.35. The Morgan fingerprint density at radius 3 is 2.80 bits per heavy atom. The highest BCUT2D eigenvalue weighted by Gasteiger charge is 2.19. The Kier molecular flexibility index (Phi) is 6.18. The zero-order valence-electron chi connectivity index (χ0n) is 13.7. The lowest BCUT2D eigenvalue weighted by atomic mass is 10.1. The number of nitrogens with two attached hydrogens (primary N) is 1. The number of amides is 1. The molecular weight excluding hydrogens is 344 g/mol. The molecule has 1 heterocycles. The van der Waals surface area contributed by atoms with Gasteiger partial charge in [0, 0.05) is 6.07 Å². The Morgan fingerprint density at radius 1 is 1.40 bits per heavy atom. The summed E-state index contributed by atoms with van der Waals surface area (Å²) in [4.78, 5) is 42.2. The van der Waals surface area contributed by atoms with Crippen LogP contribution in [0, 0.1) is 0 Å². The Hall–Kier alpha value is -2.81. The summed E-state index contributed by atoms with van der Waals surface area (Å²) in [6.45, 7) is 3.59. The highest BCUT2D eigenvalue weighted by atomic mass is 32.2. The van der Waals surface area contributed by atoms with Crippen LogP contribution in [0.3, 0.4) is 0 Å². The van der Waals surface area contributed by atoms with Crippen LogP contribution >= 0.6 is 11.8 Å². The van der Waals surface area contributed by atoms with Crippen molar-refractivity contribution in [2.24, 2.45) is 0 Å². The first-order chi connectivity index (χ1) is 11.9. The molecule has 2 rings (SSSR count). The number of aromatic nitrogens is 2. The second-order valence-corrected chi connectivity index (χ2v) is 6.32. The molecule has 0 radical (unpaired) electrons. The summed E-state index contributed by atoms with van der Waals surface area (Å²) in [6.07, 6.45) is 0. The van der Waals surface area contributed by atoms with Crippen LogP contribution in [-0.2, 0) is 9.53 Å². The molecule has 0 bridgehead atoms. The van der Waals surface area contributed by atoms with Crippen LogP contribution in [0.4, 0.5) is 11.5 Å². The van der Waals surface area contributed by atoms with Gasteiger partial charge in [-0.25, -0.2) is 9.78 Å². The first-order valence-electron chi connectivity index (χ1n) is 7.51. The third-order valence-corrected chi connectivity index (χ3v) is 4.06. The van der Waals surface area contributed by atoms with Crippen molar-refractivity contribution in [2.45, 2.75) is 24.3 Å². The van der Waals surface area contributed by atoms with Gasteiger partial charge in [0.05, 0.1) is 23.1 Å². The van der Waals surface area contributed by atoms with E-state index in [0.717, 1.165) is 17.8 Å². The van der Waals surface area contributed by atoms with Crippen molar-refractivity contribution < 1.29 is 14.3 Å². The van der Waals surface area contributed by atoms with Gasteiger partial charge in [0.1, 0.15) is 5.82 Å². The molecule has 0 aliphatic carbocycles. The number of benzene rings is 1. The third kappa shape index (κ3) is 5.08. The standard InChI is InChI=1S/C16H18N4O4S/c1-3-24-15(23)10-6-4-5-7-11(10)18-14(22)9(2)25-16-19-12(17)8-13(21)20-16/h4-9H,3H2,1-2H3,(H,18,22)(H3,17,19,20,21). The zero-order chi connectivity index (χ0) is 18.4. The fraction of sp³-hybridized carbons (Fsp3) is 0.250. The van der Waals surface area contributed by atoms with Crippen LogP contribution in [0.2, 0.25) is 0 Å². The molecular formula is C16H18N4O4S. The molecule has 0 aliphatic rings. The normalized spacial score (nSPS) is 11.6. The number of carbonyl (C=O) groups is 2. The smallest absolute Gasteiger partial charge is 0.340 e. The highest BCUT2D eigenvalue weighted by molar-refractivity contribution is 8.00. The maximum Gasteiger partial charge on any atom is 0.340 e. The van der Waals surface area contributed by atoms with E-state index in [1.807, 2.05) is 0 Å². The summed E-state index contributed by atoms with van der Waals surface area (Å²) >= 11 is 1.05. The second kappa shape index (κ2) is 8.34. The summed E-state index contributed by atoms with van der Waals surface area (Å²) in [5.41, 5.74) is 5.75. The molecule has 2 aromatic rings. The molecule has 0 saturated carbocycles. The maximum atomic E-state index is 12.4. The van der Waals surface area contributed by atoms with E-state index in [9.17, 15) is 14.4 Å². The topological polar surface area (TPSA) is 127 Å². The van der Waals surface area contributed by atoms with Gasteiger partial charge >= 0.3 is 5.97 Å². The first-order valence-corrected chi connectivity index (χ1v) is 8.39. The highest BCUT2D eigenvalue weighted by Crippen LogP contribution is 2.22. The number of nitrogens with one attached hydrogen (secondary N) is 2. The average molecular weight is 362 g/mol. The summed E-state index contributed by atoms with van der Waals surface area (Å²) < 4.78 is 4.97. The molecule has 0 fully saturated rings. The number of nitrogen functional groups attached to an aromatic ring is 1. The van der Waals surface area contributed by atoms with E-state index in [1.165, 1.54) is 0 Å². The summed E-state index contributed by atoms with van der Waals surface area (Å²) in [6, 6.07) is 7.73. The van der Waals surface area contributed by atoms with Crippen molar-refractivity contribution >= 4 is 35.1 Å².